The molecule has 0 aliphatic rings. The number of rotatable bonds is 4. The van der Waals surface area contributed by atoms with E-state index in [0.29, 0.717) is 15.6 Å². The summed E-state index contributed by atoms with van der Waals surface area (Å²) in [5.74, 6) is 0. The number of carboxylic acid groups (broad SMARTS) is 1. The van der Waals surface area contributed by atoms with Crippen molar-refractivity contribution in [3.63, 3.8) is 0 Å². The Labute approximate surface area is 103 Å². The maximum Gasteiger partial charge on any atom is 0.404 e. The standard InChI is InChI=1S/C10H11Cl2NO3/c11-8-2-1-3-9(12)7(8)4-6(14)5-13-10(15)16/h1-3,6,13-14H,4-5H2,(H,15,16). The van der Waals surface area contributed by atoms with Gasteiger partial charge in [-0.2, -0.15) is 0 Å². The zero-order valence-corrected chi connectivity index (χ0v) is 9.79. The van der Waals surface area contributed by atoms with Crippen molar-refractivity contribution in [2.75, 3.05) is 6.54 Å². The highest BCUT2D eigenvalue weighted by atomic mass is 35.5. The Morgan fingerprint density at radius 2 is 1.94 bits per heavy atom. The van der Waals surface area contributed by atoms with Gasteiger partial charge in [0.2, 0.25) is 0 Å². The lowest BCUT2D eigenvalue weighted by atomic mass is 10.1. The molecular formula is C10H11Cl2NO3. The van der Waals surface area contributed by atoms with E-state index >= 15 is 0 Å². The summed E-state index contributed by atoms with van der Waals surface area (Å²) in [7, 11) is 0. The smallest absolute Gasteiger partial charge is 0.404 e. The molecule has 1 amide bonds. The highest BCUT2D eigenvalue weighted by Gasteiger charge is 2.12. The van der Waals surface area contributed by atoms with E-state index in [1.54, 1.807) is 18.2 Å². The largest absolute Gasteiger partial charge is 0.465 e. The Hall–Kier alpha value is -0.970. The van der Waals surface area contributed by atoms with Gasteiger partial charge in [0.25, 0.3) is 0 Å². The average Bonchev–Trinajstić information content (AvgIpc) is 2.21. The number of amides is 1. The van der Waals surface area contributed by atoms with Crippen molar-refractivity contribution in [3.8, 4) is 0 Å². The quantitative estimate of drug-likeness (QED) is 0.780. The van der Waals surface area contributed by atoms with Gasteiger partial charge in [0.15, 0.2) is 0 Å². The molecule has 0 aliphatic heterocycles. The van der Waals surface area contributed by atoms with E-state index in [2.05, 4.69) is 5.32 Å². The van der Waals surface area contributed by atoms with E-state index < -0.39 is 12.2 Å². The lowest BCUT2D eigenvalue weighted by molar-refractivity contribution is 0.157. The van der Waals surface area contributed by atoms with Crippen LogP contribution in [-0.4, -0.2) is 29.0 Å². The number of aliphatic hydroxyl groups is 1. The van der Waals surface area contributed by atoms with E-state index in [-0.39, 0.29) is 13.0 Å². The first-order valence-corrected chi connectivity index (χ1v) is 5.34. The molecule has 0 spiro atoms. The number of hydrogen-bond donors (Lipinski definition) is 3. The number of benzene rings is 1. The SMILES string of the molecule is O=C(O)NCC(O)Cc1c(Cl)cccc1Cl. The van der Waals surface area contributed by atoms with E-state index in [1.165, 1.54) is 0 Å². The molecule has 88 valence electrons. The number of aliphatic hydroxyl groups excluding tert-OH is 1. The fourth-order valence-corrected chi connectivity index (χ4v) is 1.79. The molecule has 0 saturated carbocycles. The van der Waals surface area contributed by atoms with E-state index in [0.717, 1.165) is 0 Å². The maximum absolute atomic E-state index is 10.2. The van der Waals surface area contributed by atoms with Gasteiger partial charge < -0.3 is 15.5 Å². The van der Waals surface area contributed by atoms with Gasteiger partial charge in [-0.1, -0.05) is 29.3 Å². The van der Waals surface area contributed by atoms with Gasteiger partial charge in [0.1, 0.15) is 0 Å². The number of hydrogen-bond acceptors (Lipinski definition) is 2. The first-order chi connectivity index (χ1) is 7.50. The minimum atomic E-state index is -1.18. The van der Waals surface area contributed by atoms with Crippen molar-refractivity contribution in [1.82, 2.24) is 5.32 Å². The molecule has 0 aromatic heterocycles. The number of halogens is 2. The Morgan fingerprint density at radius 3 is 2.44 bits per heavy atom. The van der Waals surface area contributed by atoms with Crippen LogP contribution < -0.4 is 5.32 Å². The van der Waals surface area contributed by atoms with Gasteiger partial charge in [-0.05, 0) is 17.7 Å². The molecule has 0 radical (unpaired) electrons. The predicted molar refractivity (Wildman–Crippen MR) is 62.2 cm³/mol. The van der Waals surface area contributed by atoms with E-state index in [4.69, 9.17) is 28.3 Å². The van der Waals surface area contributed by atoms with Crippen LogP contribution in [0.4, 0.5) is 4.79 Å². The normalized spacial score (nSPS) is 12.2. The topological polar surface area (TPSA) is 69.6 Å². The van der Waals surface area contributed by atoms with Crippen molar-refractivity contribution in [3.05, 3.63) is 33.8 Å². The minimum Gasteiger partial charge on any atom is -0.465 e. The Bertz CT molecular complexity index is 364. The molecule has 1 rings (SSSR count). The number of carbonyl (C=O) groups is 1. The van der Waals surface area contributed by atoms with Gasteiger partial charge >= 0.3 is 6.09 Å². The fraction of sp³-hybridized carbons (Fsp3) is 0.300. The molecule has 16 heavy (non-hydrogen) atoms. The average molecular weight is 264 g/mol. The van der Waals surface area contributed by atoms with Crippen molar-refractivity contribution in [1.29, 1.82) is 0 Å². The van der Waals surface area contributed by atoms with Crippen molar-refractivity contribution in [2.45, 2.75) is 12.5 Å². The minimum absolute atomic E-state index is 0.0586. The lowest BCUT2D eigenvalue weighted by Gasteiger charge is -2.12. The highest BCUT2D eigenvalue weighted by molar-refractivity contribution is 6.35. The zero-order chi connectivity index (χ0) is 12.1. The molecule has 0 aliphatic carbocycles. The van der Waals surface area contributed by atoms with Crippen LogP contribution in [0.3, 0.4) is 0 Å². The molecule has 6 heteroatoms. The summed E-state index contributed by atoms with van der Waals surface area (Å²) < 4.78 is 0. The summed E-state index contributed by atoms with van der Waals surface area (Å²) in [6.45, 7) is -0.0586. The van der Waals surface area contributed by atoms with Crippen LogP contribution in [0.15, 0.2) is 18.2 Å². The summed E-state index contributed by atoms with van der Waals surface area (Å²) >= 11 is 11.8. The van der Waals surface area contributed by atoms with Crippen molar-refractivity contribution >= 4 is 29.3 Å². The van der Waals surface area contributed by atoms with Gasteiger partial charge in [0.05, 0.1) is 6.10 Å². The summed E-state index contributed by atoms with van der Waals surface area (Å²) in [5, 5.41) is 20.9. The molecule has 0 bridgehead atoms. The summed E-state index contributed by atoms with van der Waals surface area (Å²) in [6.07, 6.45) is -1.82. The third-order valence-corrected chi connectivity index (χ3v) is 2.70. The maximum atomic E-state index is 10.2. The molecule has 4 nitrogen and oxygen atoms in total. The second kappa shape index (κ2) is 5.94. The molecule has 1 aromatic rings. The second-order valence-electron chi connectivity index (χ2n) is 3.24. The van der Waals surface area contributed by atoms with E-state index in [1.807, 2.05) is 0 Å². The number of nitrogens with one attached hydrogen (secondary N) is 1. The molecule has 0 heterocycles. The fourth-order valence-electron chi connectivity index (χ4n) is 1.24. The zero-order valence-electron chi connectivity index (χ0n) is 8.28. The summed E-state index contributed by atoms with van der Waals surface area (Å²) in [5.41, 5.74) is 0.616. The van der Waals surface area contributed by atoms with Crippen LogP contribution in [-0.2, 0) is 6.42 Å². The molecule has 1 unspecified atom stereocenters. The van der Waals surface area contributed by atoms with Crippen molar-refractivity contribution in [2.24, 2.45) is 0 Å². The highest BCUT2D eigenvalue weighted by Crippen LogP contribution is 2.25. The van der Waals surface area contributed by atoms with Gasteiger partial charge in [-0.25, -0.2) is 4.79 Å². The molecule has 3 N–H and O–H groups in total. The first-order valence-electron chi connectivity index (χ1n) is 4.58. The Balaban J connectivity index is 2.62. The summed E-state index contributed by atoms with van der Waals surface area (Å²) in [6, 6.07) is 5.04. The van der Waals surface area contributed by atoms with Crippen molar-refractivity contribution < 1.29 is 15.0 Å². The Morgan fingerprint density at radius 1 is 1.38 bits per heavy atom. The Kier molecular flexibility index (Phi) is 4.86. The van der Waals surface area contributed by atoms with Crippen LogP contribution >= 0.6 is 23.2 Å². The van der Waals surface area contributed by atoms with Crippen LogP contribution in [0, 0.1) is 0 Å². The molecule has 1 aromatic carbocycles. The monoisotopic (exact) mass is 263 g/mol. The lowest BCUT2D eigenvalue weighted by Crippen LogP contribution is -2.32. The first kappa shape index (κ1) is 13.1. The van der Waals surface area contributed by atoms with Crippen LogP contribution in [0.2, 0.25) is 10.0 Å². The molecule has 0 saturated heterocycles. The summed E-state index contributed by atoms with van der Waals surface area (Å²) in [4.78, 5) is 10.2. The van der Waals surface area contributed by atoms with Gasteiger partial charge in [-0.15, -0.1) is 0 Å². The van der Waals surface area contributed by atoms with Gasteiger partial charge in [0, 0.05) is 23.0 Å². The van der Waals surface area contributed by atoms with Gasteiger partial charge in [-0.3, -0.25) is 0 Å². The van der Waals surface area contributed by atoms with Crippen LogP contribution in [0.1, 0.15) is 5.56 Å². The molecular weight excluding hydrogens is 253 g/mol. The third kappa shape index (κ3) is 3.89. The predicted octanol–water partition coefficient (Wildman–Crippen LogP) is 2.16. The molecule has 1 atom stereocenters. The molecule has 0 fully saturated rings. The third-order valence-electron chi connectivity index (χ3n) is 1.99. The van der Waals surface area contributed by atoms with Crippen LogP contribution in [0.5, 0.6) is 0 Å². The second-order valence-corrected chi connectivity index (χ2v) is 4.06. The van der Waals surface area contributed by atoms with E-state index in [9.17, 15) is 9.90 Å². The van der Waals surface area contributed by atoms with Crippen LogP contribution in [0.25, 0.3) is 0 Å².